The van der Waals surface area contributed by atoms with E-state index in [0.29, 0.717) is 25.0 Å². The lowest BCUT2D eigenvalue weighted by Crippen LogP contribution is -2.35. The lowest BCUT2D eigenvalue weighted by Gasteiger charge is -2.11. The van der Waals surface area contributed by atoms with Crippen LogP contribution in [0.4, 0.5) is 18.9 Å². The van der Waals surface area contributed by atoms with Gasteiger partial charge in [-0.3, -0.25) is 4.79 Å². The van der Waals surface area contributed by atoms with Crippen molar-refractivity contribution < 1.29 is 18.0 Å². The number of carbonyl (C=O) groups excluding carboxylic acids is 1. The molecule has 1 atom stereocenters. The smallest absolute Gasteiger partial charge is 0.241 e. The molecule has 1 amide bonds. The number of nitrogens with two attached hydrogens (primary N) is 1. The van der Waals surface area contributed by atoms with Crippen LogP contribution in [0.1, 0.15) is 19.8 Å². The van der Waals surface area contributed by atoms with E-state index in [4.69, 9.17) is 5.73 Å². The van der Waals surface area contributed by atoms with Gasteiger partial charge in [0.05, 0.1) is 11.7 Å². The Morgan fingerprint density at radius 3 is 2.47 bits per heavy atom. The van der Waals surface area contributed by atoms with Gasteiger partial charge in [0.2, 0.25) is 5.91 Å². The molecule has 0 fully saturated rings. The molecule has 0 saturated heterocycles. The molecule has 0 aliphatic carbocycles. The molecule has 0 bridgehead atoms. The number of hydrogen-bond donors (Lipinski definition) is 2. The molecule has 0 aliphatic rings. The minimum atomic E-state index is -1.31. The zero-order valence-electron chi connectivity index (χ0n) is 9.27. The van der Waals surface area contributed by atoms with E-state index in [0.717, 1.165) is 0 Å². The summed E-state index contributed by atoms with van der Waals surface area (Å²) < 4.78 is 38.6. The SMILES string of the molecule is CCCC(N)C(=O)Nc1cc(F)c(F)cc1F. The van der Waals surface area contributed by atoms with Crippen LogP contribution < -0.4 is 11.1 Å². The van der Waals surface area contributed by atoms with Crippen LogP contribution in [0.25, 0.3) is 0 Å². The molecule has 0 saturated carbocycles. The number of anilines is 1. The molecule has 3 N–H and O–H groups in total. The number of nitrogens with one attached hydrogen (secondary N) is 1. The molecule has 0 heterocycles. The van der Waals surface area contributed by atoms with Crippen LogP contribution in [0.2, 0.25) is 0 Å². The topological polar surface area (TPSA) is 55.1 Å². The van der Waals surface area contributed by atoms with Gasteiger partial charge < -0.3 is 11.1 Å². The summed E-state index contributed by atoms with van der Waals surface area (Å²) in [5, 5.41) is 2.12. The Balaban J connectivity index is 2.81. The van der Waals surface area contributed by atoms with E-state index in [2.05, 4.69) is 5.32 Å². The normalized spacial score (nSPS) is 12.3. The maximum Gasteiger partial charge on any atom is 0.241 e. The first kappa shape index (κ1) is 13.5. The number of carbonyl (C=O) groups is 1. The molecule has 0 aliphatic heterocycles. The van der Waals surface area contributed by atoms with Crippen LogP contribution in [0.5, 0.6) is 0 Å². The summed E-state index contributed by atoms with van der Waals surface area (Å²) in [5.41, 5.74) is 5.08. The van der Waals surface area contributed by atoms with Crippen molar-refractivity contribution in [3.63, 3.8) is 0 Å². The van der Waals surface area contributed by atoms with E-state index >= 15 is 0 Å². The van der Waals surface area contributed by atoms with Crippen LogP contribution >= 0.6 is 0 Å². The Hall–Kier alpha value is -1.56. The van der Waals surface area contributed by atoms with Gasteiger partial charge >= 0.3 is 0 Å². The monoisotopic (exact) mass is 246 g/mol. The van der Waals surface area contributed by atoms with Gasteiger partial charge in [-0.25, -0.2) is 13.2 Å². The Morgan fingerprint density at radius 1 is 1.29 bits per heavy atom. The third kappa shape index (κ3) is 3.45. The first-order chi connectivity index (χ1) is 7.95. The fourth-order valence-corrected chi connectivity index (χ4v) is 1.29. The maximum absolute atomic E-state index is 13.2. The molecule has 1 aromatic rings. The van der Waals surface area contributed by atoms with Gasteiger partial charge in [0.25, 0.3) is 0 Å². The van der Waals surface area contributed by atoms with Gasteiger partial charge in [-0.2, -0.15) is 0 Å². The van der Waals surface area contributed by atoms with Crippen molar-refractivity contribution in [3.05, 3.63) is 29.6 Å². The summed E-state index contributed by atoms with van der Waals surface area (Å²) in [6.45, 7) is 1.84. The molecule has 17 heavy (non-hydrogen) atoms. The molecule has 0 aromatic heterocycles. The summed E-state index contributed by atoms with van der Waals surface area (Å²) in [7, 11) is 0. The lowest BCUT2D eigenvalue weighted by molar-refractivity contribution is -0.117. The molecule has 1 unspecified atom stereocenters. The fraction of sp³-hybridized carbons (Fsp3) is 0.364. The number of benzene rings is 1. The average Bonchev–Trinajstić information content (AvgIpc) is 2.26. The summed E-state index contributed by atoms with van der Waals surface area (Å²) in [6.07, 6.45) is 1.12. The first-order valence-corrected chi connectivity index (χ1v) is 5.16. The van der Waals surface area contributed by atoms with Gasteiger partial charge in [-0.1, -0.05) is 13.3 Å². The maximum atomic E-state index is 13.2. The van der Waals surface area contributed by atoms with Crippen molar-refractivity contribution in [1.29, 1.82) is 0 Å². The lowest BCUT2D eigenvalue weighted by atomic mass is 10.1. The number of amides is 1. The van der Waals surface area contributed by atoms with E-state index in [1.54, 1.807) is 0 Å². The summed E-state index contributed by atoms with van der Waals surface area (Å²) >= 11 is 0. The summed E-state index contributed by atoms with van der Waals surface area (Å²) in [6, 6.07) is 0.157. The van der Waals surface area contributed by atoms with Crippen LogP contribution in [0.15, 0.2) is 12.1 Å². The van der Waals surface area contributed by atoms with Crippen LogP contribution in [0, 0.1) is 17.5 Å². The van der Waals surface area contributed by atoms with Crippen molar-refractivity contribution >= 4 is 11.6 Å². The Labute approximate surface area is 96.8 Å². The second-order valence-electron chi connectivity index (χ2n) is 3.63. The molecular formula is C11H13F3N2O. The molecule has 1 aromatic carbocycles. The van der Waals surface area contributed by atoms with E-state index in [1.807, 2.05) is 6.92 Å². The zero-order chi connectivity index (χ0) is 13.0. The van der Waals surface area contributed by atoms with Crippen molar-refractivity contribution in [2.45, 2.75) is 25.8 Å². The third-order valence-electron chi connectivity index (χ3n) is 2.20. The van der Waals surface area contributed by atoms with Crippen molar-refractivity contribution in [2.75, 3.05) is 5.32 Å². The quantitative estimate of drug-likeness (QED) is 0.800. The molecule has 6 heteroatoms. The van der Waals surface area contributed by atoms with Gasteiger partial charge in [-0.15, -0.1) is 0 Å². The predicted octanol–water partition coefficient (Wildman–Crippen LogP) is 2.17. The van der Waals surface area contributed by atoms with E-state index in [-0.39, 0.29) is 0 Å². The summed E-state index contributed by atoms with van der Waals surface area (Å²) in [4.78, 5) is 11.4. The highest BCUT2D eigenvalue weighted by Crippen LogP contribution is 2.18. The second-order valence-corrected chi connectivity index (χ2v) is 3.63. The molecule has 1 rings (SSSR count). The van der Waals surface area contributed by atoms with Gasteiger partial charge in [0.15, 0.2) is 11.6 Å². The van der Waals surface area contributed by atoms with Crippen molar-refractivity contribution in [3.8, 4) is 0 Å². The van der Waals surface area contributed by atoms with Crippen molar-refractivity contribution in [1.82, 2.24) is 0 Å². The zero-order valence-corrected chi connectivity index (χ0v) is 9.27. The number of hydrogen-bond acceptors (Lipinski definition) is 2. The van der Waals surface area contributed by atoms with E-state index in [9.17, 15) is 18.0 Å². The Morgan fingerprint density at radius 2 is 1.88 bits per heavy atom. The molecule has 94 valence electrons. The Kier molecular flexibility index (Phi) is 4.51. The summed E-state index contributed by atoms with van der Waals surface area (Å²) in [5.74, 6) is -4.21. The molecule has 0 radical (unpaired) electrons. The second kappa shape index (κ2) is 5.67. The van der Waals surface area contributed by atoms with E-state index in [1.165, 1.54) is 0 Å². The van der Waals surface area contributed by atoms with Crippen LogP contribution in [-0.4, -0.2) is 11.9 Å². The molecule has 0 spiro atoms. The third-order valence-corrected chi connectivity index (χ3v) is 2.20. The standard InChI is InChI=1S/C11H13F3N2O/c1-2-3-9(15)11(17)16-10-5-7(13)6(12)4-8(10)14/h4-5,9H,2-3,15H2,1H3,(H,16,17). The van der Waals surface area contributed by atoms with Crippen LogP contribution in [0.3, 0.4) is 0 Å². The number of halogens is 3. The minimum absolute atomic E-state index is 0.371. The highest BCUT2D eigenvalue weighted by Gasteiger charge is 2.16. The minimum Gasteiger partial charge on any atom is -0.322 e. The fourth-order valence-electron chi connectivity index (χ4n) is 1.29. The molecular weight excluding hydrogens is 233 g/mol. The average molecular weight is 246 g/mol. The van der Waals surface area contributed by atoms with Gasteiger partial charge in [-0.05, 0) is 6.42 Å². The van der Waals surface area contributed by atoms with Crippen molar-refractivity contribution in [2.24, 2.45) is 5.73 Å². The number of rotatable bonds is 4. The highest BCUT2D eigenvalue weighted by molar-refractivity contribution is 5.94. The van der Waals surface area contributed by atoms with Crippen LogP contribution in [-0.2, 0) is 4.79 Å². The molecule has 3 nitrogen and oxygen atoms in total. The van der Waals surface area contributed by atoms with Gasteiger partial charge in [0.1, 0.15) is 5.82 Å². The predicted molar refractivity (Wildman–Crippen MR) is 57.8 cm³/mol. The Bertz CT molecular complexity index is 423. The highest BCUT2D eigenvalue weighted by atomic mass is 19.2. The van der Waals surface area contributed by atoms with Gasteiger partial charge in [0, 0.05) is 12.1 Å². The van der Waals surface area contributed by atoms with E-state index < -0.39 is 35.1 Å². The first-order valence-electron chi connectivity index (χ1n) is 5.16. The largest absolute Gasteiger partial charge is 0.322 e.